The van der Waals surface area contributed by atoms with Crippen LogP contribution in [0, 0.1) is 52.8 Å². The molecule has 0 amide bonds. The Balaban J connectivity index is 1.26. The van der Waals surface area contributed by atoms with Crippen LogP contribution in [-0.2, 0) is 14.3 Å². The summed E-state index contributed by atoms with van der Waals surface area (Å²) in [4.78, 5) is 25.4. The lowest BCUT2D eigenvalue weighted by Gasteiger charge is -2.58. The molecule has 0 saturated heterocycles. The van der Waals surface area contributed by atoms with E-state index in [1.54, 1.807) is 0 Å². The number of fused-ring (bicyclic) bond motifs is 5. The van der Waals surface area contributed by atoms with E-state index in [2.05, 4.69) is 27.7 Å². The number of ketones is 1. The van der Waals surface area contributed by atoms with Gasteiger partial charge in [-0.05, 0) is 105 Å². The van der Waals surface area contributed by atoms with E-state index in [0.717, 1.165) is 44.4 Å². The van der Waals surface area contributed by atoms with Crippen molar-refractivity contribution in [3.05, 3.63) is 11.6 Å². The van der Waals surface area contributed by atoms with Crippen LogP contribution in [-0.4, -0.2) is 17.9 Å². The molecule has 0 aromatic heterocycles. The number of rotatable bonds is 5. The molecular weight excluding hydrogens is 420 g/mol. The fraction of sp³-hybridized carbons (Fsp3) is 0.871. The second-order valence-corrected chi connectivity index (χ2v) is 13.3. The molecule has 3 nitrogen and oxygen atoms in total. The lowest BCUT2D eigenvalue weighted by molar-refractivity contribution is -0.168. The van der Waals surface area contributed by atoms with Gasteiger partial charge >= 0.3 is 5.97 Å². The highest BCUT2D eigenvalue weighted by Gasteiger charge is 2.61. The van der Waals surface area contributed by atoms with Gasteiger partial charge in [0.1, 0.15) is 6.10 Å². The van der Waals surface area contributed by atoms with E-state index in [0.29, 0.717) is 41.3 Å². The molecule has 4 fully saturated rings. The Kier molecular flexibility index (Phi) is 7.04. The van der Waals surface area contributed by atoms with Gasteiger partial charge in [0.05, 0.1) is 5.92 Å². The molecule has 190 valence electrons. The summed E-state index contributed by atoms with van der Waals surface area (Å²) in [6.07, 6.45) is 16.9. The van der Waals surface area contributed by atoms with Crippen molar-refractivity contribution in [1.29, 1.82) is 0 Å². The predicted molar refractivity (Wildman–Crippen MR) is 136 cm³/mol. The monoisotopic (exact) mass is 468 g/mol. The quantitative estimate of drug-likeness (QED) is 0.392. The van der Waals surface area contributed by atoms with E-state index in [-0.39, 0.29) is 23.4 Å². The molecule has 5 aliphatic carbocycles. The molecule has 4 saturated carbocycles. The minimum atomic E-state index is 0.100. The van der Waals surface area contributed by atoms with E-state index in [4.69, 9.17) is 4.74 Å². The highest BCUT2D eigenvalue weighted by Crippen LogP contribution is 2.65. The SMILES string of the molecule is CCCCC1CCC(C(=O)OC2CCC3C4C(C)CC5=CC(=O)CCC5C4C(C)CC23C)CC1. The summed E-state index contributed by atoms with van der Waals surface area (Å²) >= 11 is 0. The van der Waals surface area contributed by atoms with E-state index in [1.807, 2.05) is 6.08 Å². The molecule has 34 heavy (non-hydrogen) atoms. The standard InChI is InChI=1S/C31H48O3/c1-5-6-7-21-8-10-22(11-9-21)30(33)34-27-15-14-26-29-19(2)16-23-17-24(32)12-13-25(23)28(29)20(3)18-31(26,27)4/h17,19-22,25-29H,5-16,18H2,1-4H3. The second-order valence-electron chi connectivity index (χ2n) is 13.3. The molecule has 0 aromatic rings. The Bertz CT molecular complexity index is 805. The summed E-state index contributed by atoms with van der Waals surface area (Å²) in [5, 5.41) is 0. The Hall–Kier alpha value is -1.12. The Labute approximate surface area is 207 Å². The normalized spacial score (nSPS) is 46.2. The number of hydrogen-bond donors (Lipinski definition) is 0. The number of unbranched alkanes of at least 4 members (excludes halogenated alkanes) is 1. The molecule has 0 heterocycles. The minimum Gasteiger partial charge on any atom is -0.462 e. The Morgan fingerprint density at radius 3 is 2.53 bits per heavy atom. The summed E-state index contributed by atoms with van der Waals surface area (Å²) < 4.78 is 6.43. The van der Waals surface area contributed by atoms with Crippen LogP contribution in [0.15, 0.2) is 11.6 Å². The molecular formula is C31H48O3. The predicted octanol–water partition coefficient (Wildman–Crippen LogP) is 7.53. The van der Waals surface area contributed by atoms with Crippen molar-refractivity contribution in [2.75, 3.05) is 0 Å². The van der Waals surface area contributed by atoms with Crippen LogP contribution in [0.25, 0.3) is 0 Å². The molecule has 0 aliphatic heterocycles. The van der Waals surface area contributed by atoms with Crippen molar-refractivity contribution >= 4 is 11.8 Å². The number of esters is 1. The van der Waals surface area contributed by atoms with Crippen LogP contribution in [0.4, 0.5) is 0 Å². The van der Waals surface area contributed by atoms with Gasteiger partial charge in [0.25, 0.3) is 0 Å². The first-order chi connectivity index (χ1) is 16.3. The Morgan fingerprint density at radius 1 is 1.03 bits per heavy atom. The van der Waals surface area contributed by atoms with Crippen molar-refractivity contribution in [2.45, 2.75) is 117 Å². The van der Waals surface area contributed by atoms with Gasteiger partial charge in [-0.25, -0.2) is 0 Å². The van der Waals surface area contributed by atoms with Crippen LogP contribution >= 0.6 is 0 Å². The van der Waals surface area contributed by atoms with Crippen LogP contribution < -0.4 is 0 Å². The van der Waals surface area contributed by atoms with E-state index < -0.39 is 0 Å². The number of ether oxygens (including phenoxy) is 1. The minimum absolute atomic E-state index is 0.100. The number of carbonyl (C=O) groups is 2. The second kappa shape index (κ2) is 9.74. The summed E-state index contributed by atoms with van der Waals surface area (Å²) in [5.74, 6) is 5.36. The summed E-state index contributed by atoms with van der Waals surface area (Å²) in [5.41, 5.74) is 1.57. The molecule has 0 aromatic carbocycles. The van der Waals surface area contributed by atoms with Crippen molar-refractivity contribution in [1.82, 2.24) is 0 Å². The molecule has 8 atom stereocenters. The average molecular weight is 469 g/mol. The molecule has 5 rings (SSSR count). The van der Waals surface area contributed by atoms with Gasteiger partial charge in [-0.2, -0.15) is 0 Å². The van der Waals surface area contributed by atoms with Crippen molar-refractivity contribution in [3.63, 3.8) is 0 Å². The van der Waals surface area contributed by atoms with Gasteiger partial charge in [0.15, 0.2) is 5.78 Å². The zero-order valence-corrected chi connectivity index (χ0v) is 22.2. The maximum absolute atomic E-state index is 13.3. The molecule has 5 aliphatic rings. The lowest BCUT2D eigenvalue weighted by atomic mass is 9.47. The maximum Gasteiger partial charge on any atom is 0.309 e. The van der Waals surface area contributed by atoms with Crippen LogP contribution in [0.1, 0.15) is 111 Å². The van der Waals surface area contributed by atoms with E-state index in [9.17, 15) is 9.59 Å². The third-order valence-electron chi connectivity index (χ3n) is 11.3. The van der Waals surface area contributed by atoms with Crippen molar-refractivity contribution in [3.8, 4) is 0 Å². The molecule has 0 N–H and O–H groups in total. The largest absolute Gasteiger partial charge is 0.462 e. The zero-order valence-electron chi connectivity index (χ0n) is 22.2. The van der Waals surface area contributed by atoms with Gasteiger partial charge in [-0.3, -0.25) is 9.59 Å². The molecule has 0 spiro atoms. The highest BCUT2D eigenvalue weighted by atomic mass is 16.5. The summed E-state index contributed by atoms with van der Waals surface area (Å²) in [7, 11) is 0. The topological polar surface area (TPSA) is 43.4 Å². The smallest absolute Gasteiger partial charge is 0.309 e. The summed E-state index contributed by atoms with van der Waals surface area (Å²) in [6, 6.07) is 0. The third kappa shape index (κ3) is 4.32. The summed E-state index contributed by atoms with van der Waals surface area (Å²) in [6.45, 7) is 9.62. The number of hydrogen-bond acceptors (Lipinski definition) is 3. The fourth-order valence-electron chi connectivity index (χ4n) is 9.70. The maximum atomic E-state index is 13.3. The van der Waals surface area contributed by atoms with Gasteiger partial charge < -0.3 is 4.74 Å². The zero-order chi connectivity index (χ0) is 24.0. The van der Waals surface area contributed by atoms with Gasteiger partial charge in [-0.15, -0.1) is 0 Å². The average Bonchev–Trinajstić information content (AvgIpc) is 3.12. The van der Waals surface area contributed by atoms with Crippen LogP contribution in [0.5, 0.6) is 0 Å². The highest BCUT2D eigenvalue weighted by molar-refractivity contribution is 5.91. The molecule has 3 heteroatoms. The van der Waals surface area contributed by atoms with Gasteiger partial charge in [-0.1, -0.05) is 52.5 Å². The van der Waals surface area contributed by atoms with Gasteiger partial charge in [0.2, 0.25) is 0 Å². The lowest BCUT2D eigenvalue weighted by Crippen LogP contribution is -2.54. The Morgan fingerprint density at radius 2 is 1.79 bits per heavy atom. The first kappa shape index (κ1) is 24.6. The molecule has 0 bridgehead atoms. The van der Waals surface area contributed by atoms with Crippen LogP contribution in [0.2, 0.25) is 0 Å². The van der Waals surface area contributed by atoms with E-state index >= 15 is 0 Å². The fourth-order valence-corrected chi connectivity index (χ4v) is 9.70. The number of carbonyl (C=O) groups excluding carboxylic acids is 2. The third-order valence-corrected chi connectivity index (χ3v) is 11.3. The van der Waals surface area contributed by atoms with Gasteiger partial charge in [0, 0.05) is 11.8 Å². The first-order valence-electron chi connectivity index (χ1n) is 14.8. The van der Waals surface area contributed by atoms with E-state index in [1.165, 1.54) is 50.5 Å². The first-order valence-corrected chi connectivity index (χ1v) is 14.8. The van der Waals surface area contributed by atoms with Crippen molar-refractivity contribution < 1.29 is 14.3 Å². The molecule has 0 radical (unpaired) electrons. The molecule has 8 unspecified atom stereocenters. The van der Waals surface area contributed by atoms with Crippen LogP contribution in [0.3, 0.4) is 0 Å². The van der Waals surface area contributed by atoms with Crippen molar-refractivity contribution in [2.24, 2.45) is 52.8 Å². The number of allylic oxidation sites excluding steroid dienone is 1.